The molecular formula is C23H30FN11O2. The number of nitrogens with one attached hydrogen (secondary N) is 3. The number of carbonyl (C=O) groups is 1. The molecule has 1 aliphatic heterocycles. The normalized spacial score (nSPS) is 17.2. The van der Waals surface area contributed by atoms with Crippen LogP contribution in [0.4, 0.5) is 33.9 Å². The summed E-state index contributed by atoms with van der Waals surface area (Å²) in [5.41, 5.74) is 1.07. The summed E-state index contributed by atoms with van der Waals surface area (Å²) in [4.78, 5) is 38.6. The number of amides is 1. The van der Waals surface area contributed by atoms with Crippen molar-refractivity contribution in [2.45, 2.75) is 44.3 Å². The molecular weight excluding hydrogens is 481 g/mol. The van der Waals surface area contributed by atoms with E-state index in [4.69, 9.17) is 4.74 Å². The molecule has 0 unspecified atom stereocenters. The number of aromatic amines is 1. The molecule has 13 nitrogen and oxygen atoms in total. The van der Waals surface area contributed by atoms with Gasteiger partial charge in [0.1, 0.15) is 6.04 Å². The highest BCUT2D eigenvalue weighted by atomic mass is 19.1. The van der Waals surface area contributed by atoms with Gasteiger partial charge < -0.3 is 25.2 Å². The molecule has 5 rings (SSSR count). The van der Waals surface area contributed by atoms with Gasteiger partial charge in [0.2, 0.25) is 23.8 Å². The number of carbonyl (C=O) groups excluding carboxylic acids is 1. The monoisotopic (exact) mass is 511 g/mol. The first-order valence-corrected chi connectivity index (χ1v) is 12.3. The number of hydrogen-bond donors (Lipinski definition) is 3. The lowest BCUT2D eigenvalue weighted by molar-refractivity contribution is -0.117. The number of alkyl halides is 1. The molecule has 3 aromatic heterocycles. The molecule has 1 amide bonds. The summed E-state index contributed by atoms with van der Waals surface area (Å²) in [5, 5.41) is 13.2. The molecule has 1 saturated heterocycles. The smallest absolute Gasteiger partial charge is 0.248 e. The standard InChI is InChI=1S/C23H30FN11O2/c1-14(24)11-17(20(36)27-19-13-25-5-6-26-19)34(2)22-29-21(28-18-12-16(32-33-18)15-3-4-15)30-23(31-22)35-7-9-37-10-8-35/h5-6,12-15,17H,3-4,7-11H2,1-2H3,(H,26,27,36)(H2,28,29,30,31,32,33)/t14-,17-/m0/s1. The molecule has 3 N–H and O–H groups in total. The zero-order valence-corrected chi connectivity index (χ0v) is 20.8. The highest BCUT2D eigenvalue weighted by Gasteiger charge is 2.30. The van der Waals surface area contributed by atoms with Crippen molar-refractivity contribution < 1.29 is 13.9 Å². The van der Waals surface area contributed by atoms with E-state index in [0.29, 0.717) is 44.0 Å². The lowest BCUT2D eigenvalue weighted by Gasteiger charge is -2.30. The van der Waals surface area contributed by atoms with Crippen molar-refractivity contribution >= 4 is 35.4 Å². The quantitative estimate of drug-likeness (QED) is 0.367. The van der Waals surface area contributed by atoms with Gasteiger partial charge in [-0.1, -0.05) is 0 Å². The first-order valence-electron chi connectivity index (χ1n) is 12.3. The van der Waals surface area contributed by atoms with E-state index in [0.717, 1.165) is 18.5 Å². The van der Waals surface area contributed by atoms with E-state index in [9.17, 15) is 9.18 Å². The first-order chi connectivity index (χ1) is 18.0. The van der Waals surface area contributed by atoms with Crippen molar-refractivity contribution in [1.29, 1.82) is 0 Å². The molecule has 37 heavy (non-hydrogen) atoms. The zero-order valence-electron chi connectivity index (χ0n) is 20.8. The topological polar surface area (TPSA) is 150 Å². The maximum atomic E-state index is 14.2. The van der Waals surface area contributed by atoms with E-state index in [1.54, 1.807) is 11.9 Å². The fourth-order valence-electron chi connectivity index (χ4n) is 4.05. The molecule has 0 bridgehead atoms. The fraction of sp³-hybridized carbons (Fsp3) is 0.522. The second-order valence-corrected chi connectivity index (χ2v) is 9.19. The molecule has 2 atom stereocenters. The minimum atomic E-state index is -1.25. The van der Waals surface area contributed by atoms with Gasteiger partial charge in [0, 0.05) is 56.6 Å². The summed E-state index contributed by atoms with van der Waals surface area (Å²) in [6.45, 7) is 3.72. The van der Waals surface area contributed by atoms with Crippen LogP contribution in [0.15, 0.2) is 24.7 Å². The van der Waals surface area contributed by atoms with Gasteiger partial charge in [-0.15, -0.1) is 0 Å². The second-order valence-electron chi connectivity index (χ2n) is 9.19. The Balaban J connectivity index is 1.43. The number of halogens is 1. The van der Waals surface area contributed by atoms with Crippen LogP contribution in [-0.2, 0) is 9.53 Å². The summed E-state index contributed by atoms with van der Waals surface area (Å²) >= 11 is 0. The highest BCUT2D eigenvalue weighted by Crippen LogP contribution is 2.39. The number of rotatable bonds is 10. The van der Waals surface area contributed by atoms with Crippen molar-refractivity contribution in [3.8, 4) is 0 Å². The average Bonchev–Trinajstić information content (AvgIpc) is 3.66. The summed E-state index contributed by atoms with van der Waals surface area (Å²) < 4.78 is 19.7. The van der Waals surface area contributed by atoms with E-state index in [2.05, 4.69) is 45.8 Å². The number of morpholine rings is 1. The molecule has 14 heteroatoms. The SMILES string of the molecule is C[C@H](F)C[C@@H](C(=O)Nc1cnccn1)N(C)c1nc(Nc2cc(C3CC3)[nH]n2)nc(N2CCOCC2)n1. The second kappa shape index (κ2) is 11.0. The Morgan fingerprint density at radius 3 is 2.76 bits per heavy atom. The van der Waals surface area contributed by atoms with Gasteiger partial charge in [0.25, 0.3) is 0 Å². The third-order valence-corrected chi connectivity index (χ3v) is 6.21. The van der Waals surface area contributed by atoms with E-state index < -0.39 is 18.1 Å². The number of aromatic nitrogens is 7. The van der Waals surface area contributed by atoms with Gasteiger partial charge in [-0.05, 0) is 19.8 Å². The van der Waals surface area contributed by atoms with Crippen LogP contribution in [0, 0.1) is 0 Å². The zero-order chi connectivity index (χ0) is 25.8. The predicted molar refractivity (Wildman–Crippen MR) is 135 cm³/mol. The Labute approximate surface area is 213 Å². The number of anilines is 5. The van der Waals surface area contributed by atoms with Crippen molar-refractivity contribution in [3.05, 3.63) is 30.4 Å². The lowest BCUT2D eigenvalue weighted by atomic mass is 10.1. The van der Waals surface area contributed by atoms with Crippen LogP contribution in [0.3, 0.4) is 0 Å². The number of nitrogens with zero attached hydrogens (tertiary/aromatic N) is 8. The summed E-state index contributed by atoms with van der Waals surface area (Å²) in [6, 6.07) is 1.03. The number of likely N-dealkylation sites (N-methyl/N-ethyl adjacent to an activating group) is 1. The van der Waals surface area contributed by atoms with Crippen molar-refractivity contribution in [1.82, 2.24) is 35.1 Å². The summed E-state index contributed by atoms with van der Waals surface area (Å²) in [6.07, 6.45) is 5.37. The molecule has 0 spiro atoms. The van der Waals surface area contributed by atoms with Crippen molar-refractivity contribution in [2.24, 2.45) is 0 Å². The van der Waals surface area contributed by atoms with Crippen LogP contribution >= 0.6 is 0 Å². The van der Waals surface area contributed by atoms with Crippen LogP contribution in [0.5, 0.6) is 0 Å². The maximum absolute atomic E-state index is 14.2. The summed E-state index contributed by atoms with van der Waals surface area (Å²) in [5.74, 6) is 1.85. The van der Waals surface area contributed by atoms with Crippen LogP contribution in [-0.4, -0.2) is 86.6 Å². The van der Waals surface area contributed by atoms with Crippen molar-refractivity contribution in [3.63, 3.8) is 0 Å². The minimum absolute atomic E-state index is 0.0754. The van der Waals surface area contributed by atoms with Gasteiger partial charge in [-0.3, -0.25) is 14.9 Å². The van der Waals surface area contributed by atoms with E-state index in [1.165, 1.54) is 25.5 Å². The number of ether oxygens (including phenoxy) is 1. The minimum Gasteiger partial charge on any atom is -0.378 e. The average molecular weight is 512 g/mol. The number of hydrogen-bond acceptors (Lipinski definition) is 11. The van der Waals surface area contributed by atoms with Gasteiger partial charge in [-0.2, -0.15) is 20.1 Å². The third-order valence-electron chi connectivity index (χ3n) is 6.21. The Morgan fingerprint density at radius 1 is 1.24 bits per heavy atom. The molecule has 4 heterocycles. The van der Waals surface area contributed by atoms with Gasteiger partial charge >= 0.3 is 0 Å². The lowest BCUT2D eigenvalue weighted by Crippen LogP contribution is -2.45. The Hall–Kier alpha value is -3.94. The van der Waals surface area contributed by atoms with Gasteiger partial charge in [0.05, 0.1) is 25.6 Å². The molecule has 0 radical (unpaired) electrons. The highest BCUT2D eigenvalue weighted by molar-refractivity contribution is 5.95. The first kappa shape index (κ1) is 24.7. The molecule has 1 saturated carbocycles. The molecule has 2 aliphatic rings. The van der Waals surface area contributed by atoms with Crippen LogP contribution < -0.4 is 20.4 Å². The molecule has 3 aromatic rings. The van der Waals surface area contributed by atoms with Crippen LogP contribution in [0.25, 0.3) is 0 Å². The third kappa shape index (κ3) is 6.25. The molecule has 2 fully saturated rings. The van der Waals surface area contributed by atoms with Crippen LogP contribution in [0.1, 0.15) is 37.8 Å². The molecule has 196 valence electrons. The number of H-pyrrole nitrogens is 1. The van der Waals surface area contributed by atoms with Crippen molar-refractivity contribution in [2.75, 3.05) is 53.8 Å². The Kier molecular flexibility index (Phi) is 7.35. The Morgan fingerprint density at radius 2 is 2.05 bits per heavy atom. The largest absolute Gasteiger partial charge is 0.378 e. The van der Waals surface area contributed by atoms with Gasteiger partial charge in [-0.25, -0.2) is 9.37 Å². The maximum Gasteiger partial charge on any atom is 0.248 e. The van der Waals surface area contributed by atoms with Crippen LogP contribution in [0.2, 0.25) is 0 Å². The van der Waals surface area contributed by atoms with E-state index >= 15 is 0 Å². The fourth-order valence-corrected chi connectivity index (χ4v) is 4.05. The van der Waals surface area contributed by atoms with E-state index in [-0.39, 0.29) is 24.1 Å². The van der Waals surface area contributed by atoms with E-state index in [1.807, 2.05) is 11.0 Å². The predicted octanol–water partition coefficient (Wildman–Crippen LogP) is 2.03. The van der Waals surface area contributed by atoms with Gasteiger partial charge in [0.15, 0.2) is 11.6 Å². The molecule has 0 aromatic carbocycles. The summed E-state index contributed by atoms with van der Waals surface area (Å²) in [7, 11) is 1.66. The molecule has 1 aliphatic carbocycles. The Bertz CT molecular complexity index is 1200.